The number of nitrogens with zero attached hydrogens (tertiary/aromatic N) is 2. The molecule has 94 valence electrons. The van der Waals surface area contributed by atoms with Crippen molar-refractivity contribution in [2.75, 3.05) is 17.2 Å². The Balaban J connectivity index is 2.19. The van der Waals surface area contributed by atoms with Gasteiger partial charge in [0.2, 0.25) is 0 Å². The standard InChI is InChI=1S/C14H16FN3/c1-2-18(13-7-3-5-11(15)9-13)10-12-6-4-8-14(16)17-12/h3-9H,2,10H2,1H3,(H2,16,17). The van der Waals surface area contributed by atoms with Crippen molar-refractivity contribution in [3.8, 4) is 0 Å². The van der Waals surface area contributed by atoms with Crippen LogP contribution in [0, 0.1) is 5.82 Å². The molecule has 0 bridgehead atoms. The first kappa shape index (κ1) is 12.4. The molecule has 0 saturated heterocycles. The fraction of sp³-hybridized carbons (Fsp3) is 0.214. The smallest absolute Gasteiger partial charge is 0.125 e. The normalized spacial score (nSPS) is 10.3. The van der Waals surface area contributed by atoms with Gasteiger partial charge in [-0.3, -0.25) is 0 Å². The van der Waals surface area contributed by atoms with E-state index in [2.05, 4.69) is 4.98 Å². The zero-order valence-corrected chi connectivity index (χ0v) is 10.3. The van der Waals surface area contributed by atoms with Crippen molar-refractivity contribution < 1.29 is 4.39 Å². The number of nitrogens with two attached hydrogens (primary N) is 1. The minimum atomic E-state index is -0.230. The predicted octanol–water partition coefficient (Wildman–Crippen LogP) is 2.83. The van der Waals surface area contributed by atoms with Crippen molar-refractivity contribution in [1.29, 1.82) is 0 Å². The van der Waals surface area contributed by atoms with Gasteiger partial charge in [-0.15, -0.1) is 0 Å². The fourth-order valence-electron chi connectivity index (χ4n) is 1.84. The molecular formula is C14H16FN3. The van der Waals surface area contributed by atoms with Gasteiger partial charge in [0.05, 0.1) is 12.2 Å². The number of anilines is 2. The third-order valence-electron chi connectivity index (χ3n) is 2.74. The second-order valence-corrected chi connectivity index (χ2v) is 4.05. The number of benzene rings is 1. The van der Waals surface area contributed by atoms with E-state index < -0.39 is 0 Å². The van der Waals surface area contributed by atoms with E-state index in [4.69, 9.17) is 5.73 Å². The summed E-state index contributed by atoms with van der Waals surface area (Å²) in [6, 6.07) is 12.1. The highest BCUT2D eigenvalue weighted by molar-refractivity contribution is 5.46. The SMILES string of the molecule is CCN(Cc1cccc(N)n1)c1cccc(F)c1. The molecule has 2 rings (SSSR count). The molecular weight excluding hydrogens is 229 g/mol. The van der Waals surface area contributed by atoms with Crippen LogP contribution in [0.15, 0.2) is 42.5 Å². The van der Waals surface area contributed by atoms with Crippen LogP contribution in [-0.2, 0) is 6.54 Å². The number of halogens is 1. The minimum Gasteiger partial charge on any atom is -0.384 e. The van der Waals surface area contributed by atoms with Crippen LogP contribution in [0.4, 0.5) is 15.9 Å². The first-order valence-corrected chi connectivity index (χ1v) is 5.91. The average Bonchev–Trinajstić information content (AvgIpc) is 2.36. The monoisotopic (exact) mass is 245 g/mol. The third-order valence-corrected chi connectivity index (χ3v) is 2.74. The fourth-order valence-corrected chi connectivity index (χ4v) is 1.84. The second-order valence-electron chi connectivity index (χ2n) is 4.05. The molecule has 0 saturated carbocycles. The summed E-state index contributed by atoms with van der Waals surface area (Å²) in [7, 11) is 0. The zero-order chi connectivity index (χ0) is 13.0. The molecule has 1 heterocycles. The number of hydrogen-bond donors (Lipinski definition) is 1. The van der Waals surface area contributed by atoms with E-state index in [1.165, 1.54) is 12.1 Å². The summed E-state index contributed by atoms with van der Waals surface area (Å²) < 4.78 is 13.2. The predicted molar refractivity (Wildman–Crippen MR) is 71.8 cm³/mol. The van der Waals surface area contributed by atoms with Crippen LogP contribution in [0.1, 0.15) is 12.6 Å². The first-order valence-electron chi connectivity index (χ1n) is 5.91. The van der Waals surface area contributed by atoms with E-state index in [9.17, 15) is 4.39 Å². The van der Waals surface area contributed by atoms with Crippen LogP contribution >= 0.6 is 0 Å². The summed E-state index contributed by atoms with van der Waals surface area (Å²) in [4.78, 5) is 6.30. The lowest BCUT2D eigenvalue weighted by Gasteiger charge is -2.22. The molecule has 3 nitrogen and oxygen atoms in total. The van der Waals surface area contributed by atoms with Crippen molar-refractivity contribution in [3.05, 3.63) is 54.0 Å². The Morgan fingerprint density at radius 3 is 2.67 bits per heavy atom. The molecule has 2 N–H and O–H groups in total. The number of nitrogen functional groups attached to an aromatic ring is 1. The van der Waals surface area contributed by atoms with E-state index in [-0.39, 0.29) is 5.82 Å². The van der Waals surface area contributed by atoms with E-state index >= 15 is 0 Å². The Hall–Kier alpha value is -2.10. The molecule has 4 heteroatoms. The lowest BCUT2D eigenvalue weighted by atomic mass is 10.2. The van der Waals surface area contributed by atoms with E-state index in [0.29, 0.717) is 12.4 Å². The molecule has 0 unspecified atom stereocenters. The number of rotatable bonds is 4. The molecule has 1 aromatic carbocycles. The van der Waals surface area contributed by atoms with Gasteiger partial charge in [0.1, 0.15) is 11.6 Å². The van der Waals surface area contributed by atoms with Gasteiger partial charge in [-0.05, 0) is 37.3 Å². The van der Waals surface area contributed by atoms with Gasteiger partial charge >= 0.3 is 0 Å². The van der Waals surface area contributed by atoms with E-state index in [1.807, 2.05) is 30.0 Å². The molecule has 0 atom stereocenters. The van der Waals surface area contributed by atoms with Crippen molar-refractivity contribution in [3.63, 3.8) is 0 Å². The summed E-state index contributed by atoms with van der Waals surface area (Å²) in [6.45, 7) is 3.42. The maximum atomic E-state index is 13.2. The topological polar surface area (TPSA) is 42.1 Å². The Kier molecular flexibility index (Phi) is 3.77. The quantitative estimate of drug-likeness (QED) is 0.900. The van der Waals surface area contributed by atoms with Crippen molar-refractivity contribution >= 4 is 11.5 Å². The lowest BCUT2D eigenvalue weighted by molar-refractivity contribution is 0.626. The molecule has 0 aliphatic carbocycles. The molecule has 0 aliphatic heterocycles. The summed E-state index contributed by atoms with van der Waals surface area (Å²) >= 11 is 0. The highest BCUT2D eigenvalue weighted by Crippen LogP contribution is 2.17. The van der Waals surface area contributed by atoms with Gasteiger partial charge in [-0.2, -0.15) is 0 Å². The Labute approximate surface area is 106 Å². The maximum Gasteiger partial charge on any atom is 0.125 e. The Morgan fingerprint density at radius 2 is 2.00 bits per heavy atom. The van der Waals surface area contributed by atoms with Crippen molar-refractivity contribution in [1.82, 2.24) is 4.98 Å². The zero-order valence-electron chi connectivity index (χ0n) is 10.3. The highest BCUT2D eigenvalue weighted by Gasteiger charge is 2.07. The molecule has 0 spiro atoms. The van der Waals surface area contributed by atoms with Crippen molar-refractivity contribution in [2.45, 2.75) is 13.5 Å². The van der Waals surface area contributed by atoms with Crippen LogP contribution in [0.25, 0.3) is 0 Å². The van der Waals surface area contributed by atoms with Crippen molar-refractivity contribution in [2.24, 2.45) is 0 Å². The second kappa shape index (κ2) is 5.49. The molecule has 0 fully saturated rings. The van der Waals surface area contributed by atoms with E-state index in [1.54, 1.807) is 12.1 Å². The molecule has 2 aromatic rings. The van der Waals surface area contributed by atoms with Gasteiger partial charge in [0.25, 0.3) is 0 Å². The number of hydrogen-bond acceptors (Lipinski definition) is 3. The van der Waals surface area contributed by atoms with Crippen LogP contribution in [0.2, 0.25) is 0 Å². The van der Waals surface area contributed by atoms with Gasteiger partial charge < -0.3 is 10.6 Å². The van der Waals surface area contributed by atoms with E-state index in [0.717, 1.165) is 17.9 Å². The minimum absolute atomic E-state index is 0.230. The van der Waals surface area contributed by atoms with Gasteiger partial charge in [-0.25, -0.2) is 9.37 Å². The highest BCUT2D eigenvalue weighted by atomic mass is 19.1. The first-order chi connectivity index (χ1) is 8.69. The molecule has 1 aromatic heterocycles. The van der Waals surface area contributed by atoms with Crippen LogP contribution in [0.5, 0.6) is 0 Å². The van der Waals surface area contributed by atoms with Crippen LogP contribution in [-0.4, -0.2) is 11.5 Å². The van der Waals surface area contributed by atoms with Crippen LogP contribution in [0.3, 0.4) is 0 Å². The molecule has 0 radical (unpaired) electrons. The average molecular weight is 245 g/mol. The lowest BCUT2D eigenvalue weighted by Crippen LogP contribution is -2.22. The van der Waals surface area contributed by atoms with Crippen LogP contribution < -0.4 is 10.6 Å². The Bertz CT molecular complexity index is 528. The van der Waals surface area contributed by atoms with Gasteiger partial charge in [0.15, 0.2) is 0 Å². The summed E-state index contributed by atoms with van der Waals surface area (Å²) in [5, 5.41) is 0. The summed E-state index contributed by atoms with van der Waals surface area (Å²) in [5.74, 6) is 0.272. The summed E-state index contributed by atoms with van der Waals surface area (Å²) in [6.07, 6.45) is 0. The number of aromatic nitrogens is 1. The summed E-state index contributed by atoms with van der Waals surface area (Å²) in [5.41, 5.74) is 7.37. The van der Waals surface area contributed by atoms with Gasteiger partial charge in [0, 0.05) is 12.2 Å². The molecule has 18 heavy (non-hydrogen) atoms. The largest absolute Gasteiger partial charge is 0.384 e. The van der Waals surface area contributed by atoms with Gasteiger partial charge in [-0.1, -0.05) is 12.1 Å². The maximum absolute atomic E-state index is 13.2. The molecule has 0 amide bonds. The number of pyridine rings is 1. The molecule has 0 aliphatic rings. The third kappa shape index (κ3) is 2.97. The Morgan fingerprint density at radius 1 is 1.22 bits per heavy atom.